The van der Waals surface area contributed by atoms with Gasteiger partial charge in [-0.15, -0.1) is 0 Å². The van der Waals surface area contributed by atoms with Crippen LogP contribution in [0.5, 0.6) is 0 Å². The second kappa shape index (κ2) is 2.44. The highest BCUT2D eigenvalue weighted by molar-refractivity contribution is 5.53. The van der Waals surface area contributed by atoms with Crippen LogP contribution >= 0.6 is 0 Å². The monoisotopic (exact) mass is 124 g/mol. The molecule has 0 saturated carbocycles. The molecule has 1 aromatic rings. The topological polar surface area (TPSA) is 45.8 Å². The molecular weight excluding hydrogens is 116 g/mol. The number of rotatable bonds is 2. The summed E-state index contributed by atoms with van der Waals surface area (Å²) in [5, 5.41) is 6.59. The van der Waals surface area contributed by atoms with E-state index in [1.54, 1.807) is 0 Å². The first-order valence-corrected chi connectivity index (χ1v) is 2.77. The van der Waals surface area contributed by atoms with Crippen molar-refractivity contribution in [1.82, 2.24) is 10.2 Å². The zero-order valence-electron chi connectivity index (χ0n) is 5.22. The number of aromatic nitrogens is 2. The van der Waals surface area contributed by atoms with Crippen molar-refractivity contribution in [1.29, 1.82) is 0 Å². The number of aldehydes is 1. The van der Waals surface area contributed by atoms with Crippen LogP contribution in [0.2, 0.25) is 0 Å². The quantitative estimate of drug-likeness (QED) is 0.582. The van der Waals surface area contributed by atoms with Gasteiger partial charge in [0.25, 0.3) is 0 Å². The molecule has 1 rings (SSSR count). The Kier molecular flexibility index (Phi) is 1.63. The summed E-state index contributed by atoms with van der Waals surface area (Å²) >= 11 is 0. The molecule has 1 N–H and O–H groups in total. The number of nitrogens with one attached hydrogen (secondary N) is 1. The number of carbonyl (C=O) groups excluding carboxylic acids is 1. The first-order valence-electron chi connectivity index (χ1n) is 2.77. The molecule has 0 radical (unpaired) electrons. The van der Waals surface area contributed by atoms with Crippen LogP contribution in [0, 0.1) is 6.92 Å². The maximum Gasteiger partial charge on any atom is 0.126 e. The first kappa shape index (κ1) is 6.01. The molecule has 9 heavy (non-hydrogen) atoms. The summed E-state index contributed by atoms with van der Waals surface area (Å²) in [4.78, 5) is 9.93. The first-order chi connectivity index (χ1) is 4.33. The lowest BCUT2D eigenvalue weighted by atomic mass is 10.3. The summed E-state index contributed by atoms with van der Waals surface area (Å²) < 4.78 is 0. The Bertz CT molecular complexity index is 205. The van der Waals surface area contributed by atoms with E-state index in [9.17, 15) is 4.79 Å². The summed E-state index contributed by atoms with van der Waals surface area (Å²) in [6, 6.07) is 1.86. The van der Waals surface area contributed by atoms with E-state index in [0.29, 0.717) is 6.42 Å². The maximum atomic E-state index is 9.93. The molecule has 0 fully saturated rings. The van der Waals surface area contributed by atoms with Crippen molar-refractivity contribution < 1.29 is 4.79 Å². The van der Waals surface area contributed by atoms with Crippen molar-refractivity contribution in [3.8, 4) is 0 Å². The average Bonchev–Trinajstić information content (AvgIpc) is 2.17. The molecule has 0 amide bonds. The number of hydrogen-bond acceptors (Lipinski definition) is 2. The van der Waals surface area contributed by atoms with Crippen LogP contribution in [0.25, 0.3) is 0 Å². The van der Waals surface area contributed by atoms with Crippen LogP contribution in [-0.2, 0) is 11.2 Å². The predicted molar refractivity (Wildman–Crippen MR) is 33.1 cm³/mol. The minimum absolute atomic E-state index is 0.407. The van der Waals surface area contributed by atoms with Crippen molar-refractivity contribution in [2.45, 2.75) is 13.3 Å². The molecule has 0 aliphatic carbocycles. The Balaban J connectivity index is 2.72. The summed E-state index contributed by atoms with van der Waals surface area (Å²) in [6.45, 7) is 1.90. The standard InChI is InChI=1S/C6H8N2O/c1-5-4-6(2-3-9)8-7-5/h3-4H,2H2,1H3,(H,7,8). The third-order valence-electron chi connectivity index (χ3n) is 1.05. The molecule has 0 spiro atoms. The number of hydrogen-bond donors (Lipinski definition) is 1. The predicted octanol–water partition coefficient (Wildman–Crippen LogP) is 0.460. The molecule has 0 aliphatic rings. The third-order valence-corrected chi connectivity index (χ3v) is 1.05. The number of H-pyrrole nitrogens is 1. The molecule has 0 bridgehead atoms. The van der Waals surface area contributed by atoms with Gasteiger partial charge in [0, 0.05) is 12.1 Å². The van der Waals surface area contributed by atoms with Crippen molar-refractivity contribution in [2.24, 2.45) is 0 Å². The molecular formula is C6H8N2O. The fraction of sp³-hybridized carbons (Fsp3) is 0.333. The molecule has 48 valence electrons. The van der Waals surface area contributed by atoms with Gasteiger partial charge in [-0.3, -0.25) is 5.10 Å². The van der Waals surface area contributed by atoms with Crippen molar-refractivity contribution in [3.05, 3.63) is 17.5 Å². The number of aromatic amines is 1. The van der Waals surface area contributed by atoms with Crippen molar-refractivity contribution in [3.63, 3.8) is 0 Å². The van der Waals surface area contributed by atoms with Crippen molar-refractivity contribution in [2.75, 3.05) is 0 Å². The van der Waals surface area contributed by atoms with Gasteiger partial charge < -0.3 is 4.79 Å². The van der Waals surface area contributed by atoms with Crippen LogP contribution in [0.3, 0.4) is 0 Å². The molecule has 3 nitrogen and oxygen atoms in total. The maximum absolute atomic E-state index is 9.93. The van der Waals surface area contributed by atoms with Crippen LogP contribution in [-0.4, -0.2) is 16.5 Å². The SMILES string of the molecule is Cc1cc(CC=O)n[nH]1. The molecule has 0 saturated heterocycles. The highest BCUT2D eigenvalue weighted by Crippen LogP contribution is 1.95. The Morgan fingerprint density at radius 2 is 2.67 bits per heavy atom. The normalized spacial score (nSPS) is 9.44. The molecule has 0 unspecified atom stereocenters. The summed E-state index contributed by atoms with van der Waals surface area (Å²) in [7, 11) is 0. The van der Waals surface area contributed by atoms with E-state index in [1.165, 1.54) is 0 Å². The van der Waals surface area contributed by atoms with E-state index in [-0.39, 0.29) is 0 Å². The minimum Gasteiger partial charge on any atom is -0.303 e. The largest absolute Gasteiger partial charge is 0.303 e. The van der Waals surface area contributed by atoms with Gasteiger partial charge >= 0.3 is 0 Å². The highest BCUT2D eigenvalue weighted by Gasteiger charge is 1.93. The Hall–Kier alpha value is -1.12. The minimum atomic E-state index is 0.407. The van der Waals surface area contributed by atoms with Crippen molar-refractivity contribution >= 4 is 6.29 Å². The van der Waals surface area contributed by atoms with Crippen LogP contribution in [0.4, 0.5) is 0 Å². The average molecular weight is 124 g/mol. The zero-order chi connectivity index (χ0) is 6.69. The fourth-order valence-corrected chi connectivity index (χ4v) is 0.664. The summed E-state index contributed by atoms with van der Waals surface area (Å²) in [5.41, 5.74) is 1.80. The second-order valence-corrected chi connectivity index (χ2v) is 1.91. The van der Waals surface area contributed by atoms with E-state index in [0.717, 1.165) is 17.7 Å². The van der Waals surface area contributed by atoms with Gasteiger partial charge in [0.1, 0.15) is 6.29 Å². The molecule has 0 atom stereocenters. The number of carbonyl (C=O) groups is 1. The zero-order valence-corrected chi connectivity index (χ0v) is 5.22. The van der Waals surface area contributed by atoms with Gasteiger partial charge in [-0.1, -0.05) is 0 Å². The molecule has 3 heteroatoms. The van der Waals surface area contributed by atoms with E-state index in [1.807, 2.05) is 13.0 Å². The van der Waals surface area contributed by atoms with Gasteiger partial charge in [0.05, 0.1) is 5.69 Å². The number of nitrogens with zero attached hydrogens (tertiary/aromatic N) is 1. The third kappa shape index (κ3) is 1.38. The van der Waals surface area contributed by atoms with Crippen LogP contribution in [0.15, 0.2) is 6.07 Å². The molecule has 0 aromatic carbocycles. The van der Waals surface area contributed by atoms with Crippen LogP contribution in [0.1, 0.15) is 11.4 Å². The van der Waals surface area contributed by atoms with Gasteiger partial charge in [-0.25, -0.2) is 0 Å². The lowest BCUT2D eigenvalue weighted by Gasteiger charge is -1.77. The lowest BCUT2D eigenvalue weighted by Crippen LogP contribution is -1.83. The van der Waals surface area contributed by atoms with Gasteiger partial charge in [-0.2, -0.15) is 5.10 Å². The van der Waals surface area contributed by atoms with E-state index in [4.69, 9.17) is 0 Å². The summed E-state index contributed by atoms with van der Waals surface area (Å²) in [5.74, 6) is 0. The Morgan fingerprint density at radius 1 is 1.89 bits per heavy atom. The van der Waals surface area contributed by atoms with E-state index in [2.05, 4.69) is 10.2 Å². The second-order valence-electron chi connectivity index (χ2n) is 1.91. The van der Waals surface area contributed by atoms with Gasteiger partial charge in [-0.05, 0) is 13.0 Å². The van der Waals surface area contributed by atoms with E-state index >= 15 is 0 Å². The molecule has 1 aromatic heterocycles. The van der Waals surface area contributed by atoms with Gasteiger partial charge in [0.2, 0.25) is 0 Å². The molecule has 1 heterocycles. The summed E-state index contributed by atoms with van der Waals surface area (Å²) in [6.07, 6.45) is 1.25. The Labute approximate surface area is 53.1 Å². The van der Waals surface area contributed by atoms with E-state index < -0.39 is 0 Å². The smallest absolute Gasteiger partial charge is 0.126 e. The molecule has 0 aliphatic heterocycles. The van der Waals surface area contributed by atoms with Gasteiger partial charge in [0.15, 0.2) is 0 Å². The number of aryl methyl sites for hydroxylation is 1. The Morgan fingerprint density at radius 3 is 3.11 bits per heavy atom. The highest BCUT2D eigenvalue weighted by atomic mass is 16.1. The fourth-order valence-electron chi connectivity index (χ4n) is 0.664. The lowest BCUT2D eigenvalue weighted by molar-refractivity contribution is -0.107. The van der Waals surface area contributed by atoms with Crippen LogP contribution < -0.4 is 0 Å².